The fourth-order valence-electron chi connectivity index (χ4n) is 9.13. The number of amides is 1. The highest BCUT2D eigenvalue weighted by atomic mass is 35.5. The van der Waals surface area contributed by atoms with Crippen LogP contribution in [0.5, 0.6) is 6.01 Å². The number of nitrogens with one attached hydrogen (secondary N) is 1. The van der Waals surface area contributed by atoms with Crippen LogP contribution in [-0.4, -0.2) is 78.8 Å². The van der Waals surface area contributed by atoms with Crippen molar-refractivity contribution in [1.82, 2.24) is 14.9 Å². The molecule has 10 nitrogen and oxygen atoms in total. The van der Waals surface area contributed by atoms with Crippen LogP contribution in [0.15, 0.2) is 29.9 Å². The third-order valence-corrected chi connectivity index (χ3v) is 18.8. The minimum atomic E-state index is -2.08. The molecule has 2 bridgehead atoms. The zero-order valence-electron chi connectivity index (χ0n) is 32.2. The van der Waals surface area contributed by atoms with Gasteiger partial charge in [-0.15, -0.1) is 11.3 Å². The Kier molecular flexibility index (Phi) is 10.0. The molecule has 3 aliphatic heterocycles. The molecule has 4 atom stereocenters. The zero-order valence-corrected chi connectivity index (χ0v) is 34.8. The van der Waals surface area contributed by atoms with Crippen molar-refractivity contribution in [1.29, 1.82) is 5.26 Å². The average Bonchev–Trinajstić information content (AvgIpc) is 3.87. The molecule has 2 aromatic carbocycles. The fraction of sp³-hybridized carbons (Fsp3) is 0.500. The quantitative estimate of drug-likeness (QED) is 0.132. The highest BCUT2D eigenvalue weighted by Gasteiger charge is 2.49. The van der Waals surface area contributed by atoms with E-state index in [0.29, 0.717) is 43.2 Å². The number of fused-ring (bicyclic) bond motifs is 5. The smallest absolute Gasteiger partial charge is 0.409 e. The summed E-state index contributed by atoms with van der Waals surface area (Å²) in [6.07, 6.45) is 0.424. The van der Waals surface area contributed by atoms with Gasteiger partial charge in [-0.25, -0.2) is 13.6 Å². The van der Waals surface area contributed by atoms with Crippen LogP contribution in [0.2, 0.25) is 23.2 Å². The summed E-state index contributed by atoms with van der Waals surface area (Å²) in [5.41, 5.74) is -0.979. The van der Waals surface area contributed by atoms with Crippen molar-refractivity contribution in [3.8, 4) is 23.2 Å². The first-order valence-electron chi connectivity index (χ1n) is 19.1. The largest absolute Gasteiger partial charge is 0.465 e. The minimum absolute atomic E-state index is 0.00291. The number of thiophene rings is 1. The molecule has 1 aliphatic carbocycles. The number of hydrogen-bond donors (Lipinski definition) is 2. The lowest BCUT2D eigenvalue weighted by atomic mass is 9.94. The van der Waals surface area contributed by atoms with E-state index in [-0.39, 0.29) is 90.5 Å². The van der Waals surface area contributed by atoms with Gasteiger partial charge in [-0.1, -0.05) is 38.4 Å². The first kappa shape index (κ1) is 39.8. The second-order valence-electron chi connectivity index (χ2n) is 17.4. The predicted octanol–water partition coefficient (Wildman–Crippen LogP) is 10.4. The number of benzene rings is 2. The molecule has 1 amide bonds. The van der Waals surface area contributed by atoms with Gasteiger partial charge in [-0.05, 0) is 80.4 Å². The second kappa shape index (κ2) is 14.4. The van der Waals surface area contributed by atoms with Crippen molar-refractivity contribution in [2.75, 3.05) is 43.0 Å². The van der Waals surface area contributed by atoms with Gasteiger partial charge in [-0.2, -0.15) is 24.0 Å². The maximum atomic E-state index is 17.4. The fourth-order valence-corrected chi connectivity index (χ4v) is 11.9. The molecule has 4 fully saturated rings. The molecule has 3 saturated heterocycles. The summed E-state index contributed by atoms with van der Waals surface area (Å²) >= 11 is 7.68. The highest BCUT2D eigenvalue weighted by molar-refractivity contribution is 7.23. The molecular formula is C40H43ClF4N6O4SSi. The van der Waals surface area contributed by atoms with Crippen molar-refractivity contribution >= 4 is 69.2 Å². The van der Waals surface area contributed by atoms with Gasteiger partial charge in [-0.3, -0.25) is 10.2 Å². The summed E-state index contributed by atoms with van der Waals surface area (Å²) in [4.78, 5) is 25.2. The highest BCUT2D eigenvalue weighted by Crippen LogP contribution is 2.49. The SMILES string of the molecule is CC(C)(C)[Si](C)(C)O[C@@H]1C[C@H]2C[C@@H]1CN(c1nc(OCC34CCCN3CC(=C(F)F)C4)nc3c(F)c(-c4ccc(F)c5sc(NC(=O)O)c(C#N)c45)c(Cl)cc13)C2. The van der Waals surface area contributed by atoms with E-state index in [4.69, 9.17) is 25.7 Å². The van der Waals surface area contributed by atoms with E-state index in [1.165, 1.54) is 6.07 Å². The van der Waals surface area contributed by atoms with Crippen LogP contribution in [0.25, 0.3) is 32.1 Å². The molecule has 2 N–H and O–H groups in total. The van der Waals surface area contributed by atoms with Gasteiger partial charge >= 0.3 is 12.1 Å². The van der Waals surface area contributed by atoms with E-state index < -0.39 is 37.7 Å². The van der Waals surface area contributed by atoms with Gasteiger partial charge in [0.2, 0.25) is 0 Å². The van der Waals surface area contributed by atoms with Crippen molar-refractivity contribution in [3.05, 3.63) is 52.1 Å². The summed E-state index contributed by atoms with van der Waals surface area (Å²) in [5, 5.41) is 21.9. The number of rotatable bonds is 8. The molecule has 57 heavy (non-hydrogen) atoms. The summed E-state index contributed by atoms with van der Waals surface area (Å²) < 4.78 is 73.4. The second-order valence-corrected chi connectivity index (χ2v) is 23.6. The van der Waals surface area contributed by atoms with Crippen molar-refractivity contribution < 1.29 is 36.6 Å². The molecule has 8 rings (SSSR count). The molecule has 4 aromatic rings. The van der Waals surface area contributed by atoms with E-state index in [1.54, 1.807) is 6.07 Å². The summed E-state index contributed by atoms with van der Waals surface area (Å²) in [7, 11) is -2.08. The number of nitriles is 1. The Bertz CT molecular complexity index is 2400. The Morgan fingerprint density at radius 3 is 2.68 bits per heavy atom. The molecule has 4 aliphatic rings. The minimum Gasteiger partial charge on any atom is -0.465 e. The van der Waals surface area contributed by atoms with Gasteiger partial charge in [0.25, 0.3) is 6.08 Å². The Labute approximate surface area is 337 Å². The molecule has 5 heterocycles. The first-order chi connectivity index (χ1) is 26.9. The van der Waals surface area contributed by atoms with E-state index >= 15 is 8.78 Å². The van der Waals surface area contributed by atoms with E-state index in [9.17, 15) is 23.9 Å². The van der Waals surface area contributed by atoms with Crippen molar-refractivity contribution in [3.63, 3.8) is 0 Å². The lowest BCUT2D eigenvalue weighted by Gasteiger charge is -2.40. The van der Waals surface area contributed by atoms with Gasteiger partial charge in [0.1, 0.15) is 34.8 Å². The Morgan fingerprint density at radius 2 is 1.98 bits per heavy atom. The number of halogens is 5. The van der Waals surface area contributed by atoms with Crippen molar-refractivity contribution in [2.24, 2.45) is 11.8 Å². The average molecular weight is 843 g/mol. The van der Waals surface area contributed by atoms with Gasteiger partial charge in [0.05, 0.1) is 20.8 Å². The van der Waals surface area contributed by atoms with Gasteiger partial charge in [0.15, 0.2) is 14.1 Å². The monoisotopic (exact) mass is 842 g/mol. The Morgan fingerprint density at radius 1 is 1.21 bits per heavy atom. The molecule has 0 spiro atoms. The van der Waals surface area contributed by atoms with Gasteiger partial charge < -0.3 is 19.2 Å². The third kappa shape index (κ3) is 6.92. The van der Waals surface area contributed by atoms with Crippen LogP contribution in [0.1, 0.15) is 58.4 Å². The number of carbonyl (C=O) groups is 1. The maximum Gasteiger partial charge on any atom is 0.409 e. The van der Waals surface area contributed by atoms with E-state index in [2.05, 4.69) is 49.1 Å². The Hall–Kier alpha value is -4.01. The lowest BCUT2D eigenvalue weighted by molar-refractivity contribution is 0.108. The van der Waals surface area contributed by atoms with Crippen LogP contribution in [0, 0.1) is 34.8 Å². The van der Waals surface area contributed by atoms with Crippen LogP contribution in [0.4, 0.5) is 33.2 Å². The number of aromatic nitrogens is 2. The number of anilines is 2. The molecule has 1 saturated carbocycles. The van der Waals surface area contributed by atoms with Crippen molar-refractivity contribution in [2.45, 2.75) is 82.7 Å². The molecule has 302 valence electrons. The summed E-state index contributed by atoms with van der Waals surface area (Å²) in [6, 6.07) is 5.81. The van der Waals surface area contributed by atoms with Gasteiger partial charge in [0, 0.05) is 53.6 Å². The molecule has 1 unspecified atom stereocenters. The molecular weight excluding hydrogens is 800 g/mol. The summed E-state index contributed by atoms with van der Waals surface area (Å²) in [5.74, 6) is -0.687. The Balaban J connectivity index is 1.24. The third-order valence-electron chi connectivity index (χ3n) is 12.8. The number of hydrogen-bond acceptors (Lipinski definition) is 9. The first-order valence-corrected chi connectivity index (χ1v) is 23.2. The van der Waals surface area contributed by atoms with Crippen LogP contribution in [0.3, 0.4) is 0 Å². The zero-order chi connectivity index (χ0) is 40.8. The number of ether oxygens (including phenoxy) is 1. The normalized spacial score (nSPS) is 23.7. The standard InChI is InChI=1S/C40H43ClF4N6O4SSi/c1-39(2,3)57(4,5)55-28-12-20-11-21(28)17-50(16-20)35-24-13-26(41)30(23-7-8-27(42)33-29(23)25(15-46)36(56-33)49-38(52)53)31(43)32(24)47-37(48-35)54-19-40-9-6-10-51(40)18-22(14-40)34(44)45/h7-8,13,20-21,28,49H,6,9-12,14,16-19H2,1-5H3,(H,52,53)/t20-,21-,28-,40?/m1/s1. The number of piperidine rings is 1. The van der Waals surface area contributed by atoms with Crippen LogP contribution < -0.4 is 15.0 Å². The number of nitrogens with zero attached hydrogens (tertiary/aromatic N) is 5. The predicted molar refractivity (Wildman–Crippen MR) is 215 cm³/mol. The van der Waals surface area contributed by atoms with E-state index in [0.717, 1.165) is 36.7 Å². The van der Waals surface area contributed by atoms with E-state index in [1.807, 2.05) is 11.0 Å². The molecule has 0 radical (unpaired) electrons. The van der Waals surface area contributed by atoms with Crippen LogP contribution in [-0.2, 0) is 4.43 Å². The maximum absolute atomic E-state index is 17.4. The lowest BCUT2D eigenvalue weighted by Crippen LogP contribution is -2.46. The number of carboxylic acid groups (broad SMARTS) is 1. The molecule has 2 aromatic heterocycles. The summed E-state index contributed by atoms with van der Waals surface area (Å²) in [6.45, 7) is 13.2. The van der Waals surface area contributed by atoms with Crippen LogP contribution >= 0.6 is 22.9 Å². The molecule has 17 heteroatoms. The topological polar surface area (TPSA) is 124 Å².